The summed E-state index contributed by atoms with van der Waals surface area (Å²) in [5.41, 5.74) is 1.93. The first-order valence-electron chi connectivity index (χ1n) is 9.42. The average molecular weight is 398 g/mol. The van der Waals surface area contributed by atoms with Crippen molar-refractivity contribution in [1.82, 2.24) is 9.29 Å². The molecule has 2 aromatic carbocycles. The fourth-order valence-corrected chi connectivity index (χ4v) is 4.65. The maximum Gasteiger partial charge on any atom is 0.264 e. The summed E-state index contributed by atoms with van der Waals surface area (Å²) in [4.78, 5) is 23.8. The molecule has 0 spiro atoms. The first-order chi connectivity index (χ1) is 13.4. The van der Waals surface area contributed by atoms with Crippen molar-refractivity contribution in [2.24, 2.45) is 13.0 Å². The molecule has 0 aliphatic heterocycles. The van der Waals surface area contributed by atoms with Crippen molar-refractivity contribution < 1.29 is 18.0 Å². The topological polar surface area (TPSA) is 85.2 Å². The molecule has 0 atom stereocenters. The minimum atomic E-state index is -3.96. The molecule has 7 heteroatoms. The molecule has 1 saturated carbocycles. The third-order valence-electron chi connectivity index (χ3n) is 5.30. The quantitative estimate of drug-likeness (QED) is 0.662. The highest BCUT2D eigenvalue weighted by atomic mass is 32.2. The lowest BCUT2D eigenvalue weighted by Gasteiger charge is -2.07. The Morgan fingerprint density at radius 1 is 1.04 bits per heavy atom. The first-order valence-corrected chi connectivity index (χ1v) is 10.9. The Kier molecular flexibility index (Phi) is 4.71. The van der Waals surface area contributed by atoms with Gasteiger partial charge in [-0.3, -0.25) is 9.59 Å². The number of rotatable bonds is 7. The summed E-state index contributed by atoms with van der Waals surface area (Å²) < 4.78 is 29.4. The van der Waals surface area contributed by atoms with Crippen molar-refractivity contribution in [1.29, 1.82) is 0 Å². The van der Waals surface area contributed by atoms with E-state index in [-0.39, 0.29) is 23.0 Å². The summed E-state index contributed by atoms with van der Waals surface area (Å²) in [5, 5.41) is 1.78. The van der Waals surface area contributed by atoms with Crippen LogP contribution in [0.5, 0.6) is 0 Å². The van der Waals surface area contributed by atoms with E-state index >= 15 is 0 Å². The van der Waals surface area contributed by atoms with Crippen LogP contribution >= 0.6 is 0 Å². The normalized spacial score (nSPS) is 14.5. The monoisotopic (exact) mass is 398 g/mol. The van der Waals surface area contributed by atoms with Crippen LogP contribution in [0.15, 0.2) is 47.4 Å². The van der Waals surface area contributed by atoms with E-state index in [1.165, 1.54) is 6.07 Å². The molecule has 1 aliphatic rings. The van der Waals surface area contributed by atoms with Gasteiger partial charge in [0.25, 0.3) is 10.0 Å². The van der Waals surface area contributed by atoms with Crippen LogP contribution in [-0.2, 0) is 26.7 Å². The van der Waals surface area contributed by atoms with Gasteiger partial charge in [-0.1, -0.05) is 18.2 Å². The molecule has 0 unspecified atom stereocenters. The number of Topliss-reactive ketones (excluding diaryl/α,β-unsaturated/α-hetero) is 1. The van der Waals surface area contributed by atoms with Gasteiger partial charge >= 0.3 is 0 Å². The van der Waals surface area contributed by atoms with Crippen LogP contribution < -0.4 is 4.72 Å². The maximum absolute atomic E-state index is 12.6. The second-order valence-corrected chi connectivity index (χ2v) is 9.06. The smallest absolute Gasteiger partial charge is 0.264 e. The van der Waals surface area contributed by atoms with Gasteiger partial charge in [0, 0.05) is 47.6 Å². The van der Waals surface area contributed by atoms with Crippen molar-refractivity contribution in [3.8, 4) is 0 Å². The van der Waals surface area contributed by atoms with E-state index in [1.54, 1.807) is 12.1 Å². The fraction of sp³-hybridized carbons (Fsp3) is 0.333. The second-order valence-electron chi connectivity index (χ2n) is 7.38. The number of carbonyl (C=O) groups is 2. The van der Waals surface area contributed by atoms with Crippen LogP contribution in [0.4, 0.5) is 0 Å². The van der Waals surface area contributed by atoms with Crippen LogP contribution in [0.2, 0.25) is 0 Å². The third kappa shape index (κ3) is 3.54. The Balaban J connectivity index is 1.51. The van der Waals surface area contributed by atoms with Gasteiger partial charge < -0.3 is 4.57 Å². The number of aromatic nitrogens is 1. The zero-order valence-electron chi connectivity index (χ0n) is 15.6. The predicted molar refractivity (Wildman–Crippen MR) is 107 cm³/mol. The van der Waals surface area contributed by atoms with Gasteiger partial charge in [0.1, 0.15) is 5.78 Å². The first kappa shape index (κ1) is 18.7. The largest absolute Gasteiger partial charge is 0.344 e. The summed E-state index contributed by atoms with van der Waals surface area (Å²) in [6.45, 7) is 0. The summed E-state index contributed by atoms with van der Waals surface area (Å²) >= 11 is 0. The van der Waals surface area contributed by atoms with E-state index in [1.807, 2.05) is 35.9 Å². The highest BCUT2D eigenvalue weighted by Gasteiger charge is 2.28. The lowest BCUT2D eigenvalue weighted by Crippen LogP contribution is -2.30. The Morgan fingerprint density at radius 3 is 2.50 bits per heavy atom. The van der Waals surface area contributed by atoms with E-state index in [0.29, 0.717) is 12.8 Å². The Hall–Kier alpha value is -2.67. The van der Waals surface area contributed by atoms with Crippen molar-refractivity contribution in [3.63, 3.8) is 0 Å². The number of carbonyl (C=O) groups excluding carboxylic acids is 2. The SMILES string of the molecule is Cn1c2ccccc2c2cc(S(=O)(=O)NC(=O)CCCC(=O)C3CC3)ccc21. The number of hydrogen-bond acceptors (Lipinski definition) is 4. The minimum Gasteiger partial charge on any atom is -0.344 e. The van der Waals surface area contributed by atoms with Gasteiger partial charge in [-0.25, -0.2) is 13.1 Å². The molecule has 0 saturated heterocycles. The second kappa shape index (κ2) is 7.05. The van der Waals surface area contributed by atoms with Gasteiger partial charge in [-0.05, 0) is 43.5 Å². The Bertz CT molecular complexity index is 1190. The Morgan fingerprint density at radius 2 is 1.75 bits per heavy atom. The molecule has 28 heavy (non-hydrogen) atoms. The maximum atomic E-state index is 12.6. The van der Waals surface area contributed by atoms with Crippen molar-refractivity contribution in [3.05, 3.63) is 42.5 Å². The number of nitrogens with one attached hydrogen (secondary N) is 1. The van der Waals surface area contributed by atoms with E-state index in [9.17, 15) is 18.0 Å². The van der Waals surface area contributed by atoms with Gasteiger partial charge in [0.2, 0.25) is 5.91 Å². The predicted octanol–water partition coefficient (Wildman–Crippen LogP) is 3.29. The lowest BCUT2D eigenvalue weighted by atomic mass is 10.1. The van der Waals surface area contributed by atoms with Gasteiger partial charge in [-0.15, -0.1) is 0 Å². The number of nitrogens with zero attached hydrogens (tertiary/aromatic N) is 1. The van der Waals surface area contributed by atoms with Crippen molar-refractivity contribution >= 4 is 43.5 Å². The minimum absolute atomic E-state index is 0.0220. The molecule has 1 amide bonds. The molecule has 146 valence electrons. The molecule has 0 bridgehead atoms. The number of aryl methyl sites for hydroxylation is 1. The summed E-state index contributed by atoms with van der Waals surface area (Å²) in [5.74, 6) is -0.238. The summed E-state index contributed by atoms with van der Waals surface area (Å²) in [7, 11) is -2.02. The summed E-state index contributed by atoms with van der Waals surface area (Å²) in [6.07, 6.45) is 2.61. The molecule has 1 aliphatic carbocycles. The van der Waals surface area contributed by atoms with E-state index in [4.69, 9.17) is 0 Å². The molecule has 1 heterocycles. The number of ketones is 1. The molecule has 6 nitrogen and oxygen atoms in total. The number of hydrogen-bond donors (Lipinski definition) is 1. The number of para-hydroxylation sites is 1. The fourth-order valence-electron chi connectivity index (χ4n) is 3.61. The Labute approximate surface area is 163 Å². The number of sulfonamides is 1. The molecule has 1 aromatic heterocycles. The molecule has 0 radical (unpaired) electrons. The van der Waals surface area contributed by atoms with Crippen LogP contribution in [0.1, 0.15) is 32.1 Å². The van der Waals surface area contributed by atoms with Gasteiger partial charge in [-0.2, -0.15) is 0 Å². The molecule has 4 rings (SSSR count). The zero-order valence-corrected chi connectivity index (χ0v) is 16.5. The molecular formula is C21H22N2O4S. The number of amides is 1. The molecular weight excluding hydrogens is 376 g/mol. The number of fused-ring (bicyclic) bond motifs is 3. The molecule has 1 fully saturated rings. The highest BCUT2D eigenvalue weighted by Crippen LogP contribution is 2.31. The van der Waals surface area contributed by atoms with Crippen LogP contribution in [0, 0.1) is 5.92 Å². The third-order valence-corrected chi connectivity index (χ3v) is 6.67. The van der Waals surface area contributed by atoms with E-state index in [2.05, 4.69) is 4.72 Å². The van der Waals surface area contributed by atoms with Gasteiger partial charge in [0.05, 0.1) is 4.90 Å². The zero-order chi connectivity index (χ0) is 19.9. The lowest BCUT2D eigenvalue weighted by molar-refractivity contribution is -0.121. The van der Waals surface area contributed by atoms with Crippen molar-refractivity contribution in [2.75, 3.05) is 0 Å². The van der Waals surface area contributed by atoms with Crippen molar-refractivity contribution in [2.45, 2.75) is 37.0 Å². The number of benzene rings is 2. The average Bonchev–Trinajstić information content (AvgIpc) is 3.48. The van der Waals surface area contributed by atoms with E-state index < -0.39 is 15.9 Å². The highest BCUT2D eigenvalue weighted by molar-refractivity contribution is 7.90. The van der Waals surface area contributed by atoms with Crippen LogP contribution in [-0.4, -0.2) is 24.7 Å². The van der Waals surface area contributed by atoms with E-state index in [0.717, 1.165) is 34.6 Å². The van der Waals surface area contributed by atoms with Gasteiger partial charge in [0.15, 0.2) is 0 Å². The summed E-state index contributed by atoms with van der Waals surface area (Å²) in [6, 6.07) is 12.6. The standard InChI is InChI=1S/C21H22N2O4S/c1-23-18-6-3-2-5-16(18)17-13-15(11-12-19(17)23)28(26,27)22-21(25)8-4-7-20(24)14-9-10-14/h2-3,5-6,11-14H,4,7-10H2,1H3,(H,22,25). The molecule has 3 aromatic rings. The van der Waals surface area contributed by atoms with Crippen LogP contribution in [0.25, 0.3) is 21.8 Å². The van der Waals surface area contributed by atoms with Crippen LogP contribution in [0.3, 0.4) is 0 Å². The molecule has 1 N–H and O–H groups in total.